The highest BCUT2D eigenvalue weighted by Crippen LogP contribution is 2.64. The summed E-state index contributed by atoms with van der Waals surface area (Å²) >= 11 is 0. The van der Waals surface area contributed by atoms with E-state index in [0.29, 0.717) is 16.4 Å². The molecule has 2 aliphatic carbocycles. The van der Waals surface area contributed by atoms with Crippen LogP contribution in [0.15, 0.2) is 0 Å². The monoisotopic (exact) mass is 371 g/mol. The van der Waals surface area contributed by atoms with Gasteiger partial charge in [0.2, 0.25) is 0 Å². The van der Waals surface area contributed by atoms with Gasteiger partial charge in [0, 0.05) is 17.6 Å². The Morgan fingerprint density at radius 1 is 0.630 bits per heavy atom. The van der Waals surface area contributed by atoms with Crippen molar-refractivity contribution in [1.82, 2.24) is 4.90 Å². The van der Waals surface area contributed by atoms with Crippen molar-refractivity contribution in [1.29, 1.82) is 0 Å². The first-order chi connectivity index (χ1) is 12.5. The third kappa shape index (κ3) is 2.39. The van der Waals surface area contributed by atoms with Crippen LogP contribution < -0.4 is 0 Å². The summed E-state index contributed by atoms with van der Waals surface area (Å²) in [6, 6.07) is 1.72. The van der Waals surface area contributed by atoms with E-state index in [0.717, 1.165) is 47.6 Å². The normalized spacial score (nSPS) is 54.6. The van der Waals surface area contributed by atoms with Gasteiger partial charge in [-0.3, -0.25) is 4.90 Å². The first kappa shape index (κ1) is 19.0. The lowest BCUT2D eigenvalue weighted by molar-refractivity contribution is -0.123. The summed E-state index contributed by atoms with van der Waals surface area (Å²) in [6.45, 7) is 18.6. The van der Waals surface area contributed by atoms with Crippen molar-refractivity contribution in [3.05, 3.63) is 0 Å². The minimum atomic E-state index is 0.383. The van der Waals surface area contributed by atoms with Crippen molar-refractivity contribution in [2.45, 2.75) is 117 Å². The Morgan fingerprint density at radius 3 is 1.56 bits per heavy atom. The molecule has 8 fully saturated rings. The summed E-state index contributed by atoms with van der Waals surface area (Å²) in [5.74, 6) is 5.73. The topological polar surface area (TPSA) is 3.24 Å². The molecule has 1 nitrogen and oxygen atoms in total. The van der Waals surface area contributed by atoms with E-state index in [9.17, 15) is 0 Å². The van der Waals surface area contributed by atoms with Gasteiger partial charge < -0.3 is 0 Å². The average molecular weight is 372 g/mol. The van der Waals surface area contributed by atoms with Crippen molar-refractivity contribution < 1.29 is 0 Å². The van der Waals surface area contributed by atoms with Crippen molar-refractivity contribution in [3.8, 4) is 0 Å². The molecule has 8 rings (SSSR count). The van der Waals surface area contributed by atoms with Gasteiger partial charge in [0.15, 0.2) is 0 Å². The molecule has 5 atom stereocenters. The van der Waals surface area contributed by atoms with Crippen LogP contribution in [-0.2, 0) is 0 Å². The van der Waals surface area contributed by atoms with Gasteiger partial charge in [0.25, 0.3) is 0 Å². The van der Waals surface area contributed by atoms with Gasteiger partial charge in [0.1, 0.15) is 0 Å². The molecule has 6 saturated heterocycles. The van der Waals surface area contributed by atoms with Crippen LogP contribution in [-0.4, -0.2) is 22.5 Å². The number of rotatable bonds is 0. The Bertz CT molecular complexity index is 573. The van der Waals surface area contributed by atoms with Crippen LogP contribution in [0.4, 0.5) is 0 Å². The SMILES string of the molecule is CC1C2C3CCC2CC(C3)C(C)(C)C(C)(C)C2CC3CCC(C2)N3C1(C)C. The quantitative estimate of drug-likeness (QED) is 0.454. The first-order valence-electron chi connectivity index (χ1n) is 12.3. The highest BCUT2D eigenvalue weighted by Gasteiger charge is 2.60. The van der Waals surface area contributed by atoms with Gasteiger partial charge in [-0.2, -0.15) is 0 Å². The van der Waals surface area contributed by atoms with Crippen molar-refractivity contribution >= 4 is 0 Å². The molecule has 0 aromatic rings. The van der Waals surface area contributed by atoms with E-state index in [2.05, 4.69) is 53.4 Å². The molecule has 0 aromatic heterocycles. The van der Waals surface area contributed by atoms with Crippen LogP contribution in [0.3, 0.4) is 0 Å². The molecule has 5 unspecified atom stereocenters. The third-order valence-electron chi connectivity index (χ3n) is 12.0. The zero-order valence-electron chi connectivity index (χ0n) is 19.2. The van der Waals surface area contributed by atoms with E-state index in [1.54, 1.807) is 0 Å². The maximum Gasteiger partial charge on any atom is 0.0187 e. The van der Waals surface area contributed by atoms with Crippen LogP contribution in [0.5, 0.6) is 0 Å². The Labute approximate surface area is 169 Å². The maximum atomic E-state index is 3.07. The zero-order chi connectivity index (χ0) is 19.4. The molecule has 0 amide bonds. The molecule has 0 spiro atoms. The van der Waals surface area contributed by atoms with Crippen molar-refractivity contribution in [2.75, 3.05) is 0 Å². The van der Waals surface area contributed by atoms with E-state index >= 15 is 0 Å². The van der Waals surface area contributed by atoms with Crippen LogP contribution in [0, 0.1) is 46.3 Å². The molecule has 154 valence electrons. The zero-order valence-corrected chi connectivity index (χ0v) is 19.2. The van der Waals surface area contributed by atoms with E-state index in [1.807, 2.05) is 0 Å². The fourth-order valence-electron chi connectivity index (χ4n) is 9.45. The molecule has 0 radical (unpaired) electrons. The number of hydrogen-bond donors (Lipinski definition) is 0. The minimum absolute atomic E-state index is 0.383. The van der Waals surface area contributed by atoms with Crippen LogP contribution in [0.2, 0.25) is 0 Å². The van der Waals surface area contributed by atoms with Crippen LogP contribution in [0.1, 0.15) is 99.8 Å². The molecule has 6 aliphatic heterocycles. The van der Waals surface area contributed by atoms with Crippen molar-refractivity contribution in [2.24, 2.45) is 46.3 Å². The molecule has 6 heterocycles. The molecule has 0 aromatic carbocycles. The lowest BCUT2D eigenvalue weighted by Crippen LogP contribution is -2.62. The van der Waals surface area contributed by atoms with Gasteiger partial charge in [-0.25, -0.2) is 0 Å². The summed E-state index contributed by atoms with van der Waals surface area (Å²) in [7, 11) is 0. The van der Waals surface area contributed by atoms with E-state index < -0.39 is 0 Å². The highest BCUT2D eigenvalue weighted by molar-refractivity contribution is 5.11. The molecule has 2 saturated carbocycles. The van der Waals surface area contributed by atoms with Crippen LogP contribution in [0.25, 0.3) is 0 Å². The number of piperidine rings is 1. The van der Waals surface area contributed by atoms with E-state index in [1.165, 1.54) is 51.4 Å². The summed E-state index contributed by atoms with van der Waals surface area (Å²) in [4.78, 5) is 3.07. The summed E-state index contributed by atoms with van der Waals surface area (Å²) < 4.78 is 0. The predicted molar refractivity (Wildman–Crippen MR) is 115 cm³/mol. The van der Waals surface area contributed by atoms with Crippen LogP contribution >= 0.6 is 0 Å². The fraction of sp³-hybridized carbons (Fsp3) is 1.00. The number of nitrogens with zero attached hydrogens (tertiary/aromatic N) is 1. The van der Waals surface area contributed by atoms with Gasteiger partial charge in [-0.15, -0.1) is 0 Å². The van der Waals surface area contributed by atoms with E-state index in [4.69, 9.17) is 0 Å². The Hall–Kier alpha value is -0.0400. The van der Waals surface area contributed by atoms with Gasteiger partial charge in [-0.1, -0.05) is 34.6 Å². The average Bonchev–Trinajstić information content (AvgIpc) is 3.02. The van der Waals surface area contributed by atoms with Gasteiger partial charge in [-0.05, 0) is 112 Å². The second-order valence-electron chi connectivity index (χ2n) is 13.2. The van der Waals surface area contributed by atoms with E-state index in [-0.39, 0.29) is 0 Å². The molecule has 27 heavy (non-hydrogen) atoms. The largest absolute Gasteiger partial charge is 0.292 e. The fourth-order valence-corrected chi connectivity index (χ4v) is 9.45. The smallest absolute Gasteiger partial charge is 0.0187 e. The second kappa shape index (κ2) is 5.77. The van der Waals surface area contributed by atoms with Gasteiger partial charge in [0.05, 0.1) is 0 Å². The standard InChI is InChI=1S/C26H45N/c1-16-23-17-8-9-18(23)13-19(12-17)24(2,3)25(4,5)20-14-21-10-11-22(15-20)27(21)26(16,6)7/h16-23H,8-15H2,1-7H3. The first-order valence-corrected chi connectivity index (χ1v) is 12.3. The third-order valence-corrected chi connectivity index (χ3v) is 12.0. The Kier molecular flexibility index (Phi) is 4.05. The lowest BCUT2D eigenvalue weighted by atomic mass is 9.49. The molecule has 8 aliphatic rings. The van der Waals surface area contributed by atoms with Crippen molar-refractivity contribution in [3.63, 3.8) is 0 Å². The second-order valence-corrected chi connectivity index (χ2v) is 13.2. The lowest BCUT2D eigenvalue weighted by Gasteiger charge is -2.61. The minimum Gasteiger partial charge on any atom is -0.292 e. The number of hydrogen-bond acceptors (Lipinski definition) is 1. The molecule has 1 heteroatoms. The Balaban J connectivity index is 1.62. The molecule has 0 N–H and O–H groups in total. The maximum absolute atomic E-state index is 3.07. The highest BCUT2D eigenvalue weighted by atomic mass is 15.3. The summed E-state index contributed by atoms with van der Waals surface area (Å²) in [5, 5.41) is 0. The molecule has 8 bridgehead atoms. The molecular formula is C26H45N. The predicted octanol–water partition coefficient (Wildman–Crippen LogP) is 6.76. The van der Waals surface area contributed by atoms with Gasteiger partial charge >= 0.3 is 0 Å². The Morgan fingerprint density at radius 2 is 1.07 bits per heavy atom. The molecular weight excluding hydrogens is 326 g/mol. The summed E-state index contributed by atoms with van der Waals surface area (Å²) in [6.07, 6.45) is 12.0. The summed E-state index contributed by atoms with van der Waals surface area (Å²) in [5.41, 5.74) is 1.32.